The average molecular weight is 235 g/mol. The predicted molar refractivity (Wildman–Crippen MR) is 65.6 cm³/mol. The Morgan fingerprint density at radius 1 is 1.35 bits per heavy atom. The van der Waals surface area contributed by atoms with Crippen molar-refractivity contribution < 1.29 is 9.53 Å². The molecule has 0 aromatic rings. The van der Waals surface area contributed by atoms with Gasteiger partial charge in [0.25, 0.3) is 0 Å². The number of ether oxygens (including phenoxy) is 1. The van der Waals surface area contributed by atoms with Crippen LogP contribution in [0.4, 0.5) is 0 Å². The summed E-state index contributed by atoms with van der Waals surface area (Å²) in [6, 6.07) is 1.35. The van der Waals surface area contributed by atoms with Crippen molar-refractivity contribution in [1.82, 2.24) is 5.32 Å². The lowest BCUT2D eigenvalue weighted by Crippen LogP contribution is -2.38. The van der Waals surface area contributed by atoms with Crippen LogP contribution in [0.3, 0.4) is 0 Å². The molecule has 2 bridgehead atoms. The first kappa shape index (κ1) is 11.3. The summed E-state index contributed by atoms with van der Waals surface area (Å²) >= 11 is 0. The molecule has 2 unspecified atom stereocenters. The highest BCUT2D eigenvalue weighted by Gasteiger charge is 2.34. The Bertz CT molecular complexity index is 325. The lowest BCUT2D eigenvalue weighted by molar-refractivity contribution is -0.120. The van der Waals surface area contributed by atoms with Gasteiger partial charge in [0.15, 0.2) is 11.5 Å². The van der Waals surface area contributed by atoms with E-state index in [4.69, 9.17) is 4.74 Å². The van der Waals surface area contributed by atoms with Gasteiger partial charge in [-0.2, -0.15) is 0 Å². The van der Waals surface area contributed by atoms with Crippen molar-refractivity contribution >= 4 is 5.78 Å². The van der Waals surface area contributed by atoms with Gasteiger partial charge in [-0.3, -0.25) is 4.79 Å². The summed E-state index contributed by atoms with van der Waals surface area (Å²) in [6.07, 6.45) is 9.67. The van der Waals surface area contributed by atoms with E-state index in [-0.39, 0.29) is 5.78 Å². The molecule has 0 spiro atoms. The van der Waals surface area contributed by atoms with E-state index < -0.39 is 0 Å². The number of allylic oxidation sites excluding steroid dienone is 2. The molecule has 0 saturated carbocycles. The third-order valence-electron chi connectivity index (χ3n) is 4.26. The molecule has 2 saturated heterocycles. The molecule has 94 valence electrons. The number of ketones is 1. The molecular formula is C14H21NO2. The molecule has 3 aliphatic rings. The topological polar surface area (TPSA) is 38.3 Å². The Kier molecular flexibility index (Phi) is 3.19. The lowest BCUT2D eigenvalue weighted by Gasteiger charge is -2.29. The molecule has 0 aliphatic carbocycles. The van der Waals surface area contributed by atoms with E-state index in [0.29, 0.717) is 30.2 Å². The molecule has 17 heavy (non-hydrogen) atoms. The maximum absolute atomic E-state index is 12.1. The molecule has 0 amide bonds. The van der Waals surface area contributed by atoms with Crippen molar-refractivity contribution in [2.75, 3.05) is 6.61 Å². The first-order valence-electron chi connectivity index (χ1n) is 6.93. The normalized spacial score (nSPS) is 36.2. The summed E-state index contributed by atoms with van der Waals surface area (Å²) in [5.74, 6) is 1.45. The number of rotatable bonds is 3. The molecule has 0 aromatic carbocycles. The fourth-order valence-electron chi connectivity index (χ4n) is 3.46. The second kappa shape index (κ2) is 4.81. The number of Topliss-reactive ketones (excluding diaryl/α,β-unsaturated/α-hetero) is 1. The van der Waals surface area contributed by atoms with E-state index in [9.17, 15) is 4.79 Å². The number of piperidine rings is 1. The van der Waals surface area contributed by atoms with Crippen LogP contribution < -0.4 is 5.32 Å². The second-order valence-electron chi connectivity index (χ2n) is 5.66. The number of fused-ring (bicyclic) bond motifs is 2. The van der Waals surface area contributed by atoms with Crippen molar-refractivity contribution in [1.29, 1.82) is 0 Å². The SMILES string of the molecule is O=C(CC1CC2CCC(C1)N2)C1=CCCCO1. The molecule has 0 radical (unpaired) electrons. The van der Waals surface area contributed by atoms with Gasteiger partial charge in [-0.1, -0.05) is 0 Å². The van der Waals surface area contributed by atoms with Crippen LogP contribution in [0.2, 0.25) is 0 Å². The summed E-state index contributed by atoms with van der Waals surface area (Å²) in [5, 5.41) is 3.62. The summed E-state index contributed by atoms with van der Waals surface area (Å²) in [7, 11) is 0. The highest BCUT2D eigenvalue weighted by atomic mass is 16.5. The van der Waals surface area contributed by atoms with Crippen molar-refractivity contribution in [3.8, 4) is 0 Å². The van der Waals surface area contributed by atoms with Crippen molar-refractivity contribution in [2.45, 2.75) is 57.0 Å². The fraction of sp³-hybridized carbons (Fsp3) is 0.786. The summed E-state index contributed by atoms with van der Waals surface area (Å²) in [4.78, 5) is 12.1. The van der Waals surface area contributed by atoms with E-state index >= 15 is 0 Å². The predicted octanol–water partition coefficient (Wildman–Crippen LogP) is 2.17. The van der Waals surface area contributed by atoms with Gasteiger partial charge in [-0.15, -0.1) is 0 Å². The summed E-state index contributed by atoms with van der Waals surface area (Å²) in [5.41, 5.74) is 0. The zero-order chi connectivity index (χ0) is 11.7. The van der Waals surface area contributed by atoms with E-state index in [0.717, 1.165) is 19.4 Å². The number of carbonyl (C=O) groups is 1. The molecule has 1 N–H and O–H groups in total. The first-order chi connectivity index (χ1) is 8.31. The highest BCUT2D eigenvalue weighted by molar-refractivity contribution is 5.93. The maximum Gasteiger partial charge on any atom is 0.197 e. The Morgan fingerprint density at radius 2 is 2.12 bits per heavy atom. The van der Waals surface area contributed by atoms with E-state index in [1.165, 1.54) is 25.7 Å². The van der Waals surface area contributed by atoms with Crippen molar-refractivity contribution in [3.63, 3.8) is 0 Å². The Hall–Kier alpha value is -0.830. The number of carbonyl (C=O) groups excluding carboxylic acids is 1. The summed E-state index contributed by atoms with van der Waals surface area (Å²) in [6.45, 7) is 0.717. The number of nitrogens with one attached hydrogen (secondary N) is 1. The van der Waals surface area contributed by atoms with Crippen LogP contribution in [-0.2, 0) is 9.53 Å². The quantitative estimate of drug-likeness (QED) is 0.814. The van der Waals surface area contributed by atoms with Gasteiger partial charge in [-0.25, -0.2) is 0 Å². The van der Waals surface area contributed by atoms with Gasteiger partial charge in [0.05, 0.1) is 6.61 Å². The molecule has 3 aliphatic heterocycles. The molecule has 0 aromatic heterocycles. The van der Waals surface area contributed by atoms with Crippen LogP contribution in [0.15, 0.2) is 11.8 Å². The molecule has 3 nitrogen and oxygen atoms in total. The van der Waals surface area contributed by atoms with E-state index in [2.05, 4.69) is 5.32 Å². The van der Waals surface area contributed by atoms with Gasteiger partial charge in [-0.05, 0) is 50.5 Å². The Balaban J connectivity index is 1.56. The fourth-order valence-corrected chi connectivity index (χ4v) is 3.46. The molecule has 3 rings (SSSR count). The minimum Gasteiger partial charge on any atom is -0.490 e. The van der Waals surface area contributed by atoms with Crippen molar-refractivity contribution in [2.24, 2.45) is 5.92 Å². The second-order valence-corrected chi connectivity index (χ2v) is 5.66. The van der Waals surface area contributed by atoms with Gasteiger partial charge < -0.3 is 10.1 Å². The van der Waals surface area contributed by atoms with Crippen molar-refractivity contribution in [3.05, 3.63) is 11.8 Å². The summed E-state index contributed by atoms with van der Waals surface area (Å²) < 4.78 is 5.45. The van der Waals surface area contributed by atoms with Crippen LogP contribution >= 0.6 is 0 Å². The largest absolute Gasteiger partial charge is 0.490 e. The Morgan fingerprint density at radius 3 is 2.76 bits per heavy atom. The van der Waals surface area contributed by atoms with Gasteiger partial charge in [0.1, 0.15) is 0 Å². The third kappa shape index (κ3) is 2.54. The number of hydrogen-bond donors (Lipinski definition) is 1. The van der Waals surface area contributed by atoms with Gasteiger partial charge >= 0.3 is 0 Å². The number of hydrogen-bond acceptors (Lipinski definition) is 3. The molecule has 2 atom stereocenters. The molecule has 3 heteroatoms. The standard InChI is InChI=1S/C14H21NO2/c16-13(14-3-1-2-6-17-14)9-10-7-11-4-5-12(8-10)15-11/h3,10-12,15H,1-2,4-9H2. The molecular weight excluding hydrogens is 214 g/mol. The zero-order valence-electron chi connectivity index (χ0n) is 10.3. The minimum atomic E-state index is 0.232. The molecule has 3 heterocycles. The first-order valence-corrected chi connectivity index (χ1v) is 6.93. The van der Waals surface area contributed by atoms with E-state index in [1.54, 1.807) is 0 Å². The van der Waals surface area contributed by atoms with Gasteiger partial charge in [0, 0.05) is 18.5 Å². The zero-order valence-corrected chi connectivity index (χ0v) is 10.3. The van der Waals surface area contributed by atoms with Gasteiger partial charge in [0.2, 0.25) is 0 Å². The maximum atomic E-state index is 12.1. The average Bonchev–Trinajstić information content (AvgIpc) is 2.70. The lowest BCUT2D eigenvalue weighted by atomic mass is 9.87. The minimum absolute atomic E-state index is 0.232. The van der Waals surface area contributed by atoms with Crippen LogP contribution in [0.25, 0.3) is 0 Å². The van der Waals surface area contributed by atoms with E-state index in [1.807, 2.05) is 6.08 Å². The molecule has 2 fully saturated rings. The van der Waals surface area contributed by atoms with Crippen LogP contribution in [0.1, 0.15) is 44.9 Å². The van der Waals surface area contributed by atoms with Crippen LogP contribution in [-0.4, -0.2) is 24.5 Å². The van der Waals surface area contributed by atoms with Crippen LogP contribution in [0, 0.1) is 5.92 Å². The monoisotopic (exact) mass is 235 g/mol. The Labute approximate surface area is 103 Å². The highest BCUT2D eigenvalue weighted by Crippen LogP contribution is 2.33. The smallest absolute Gasteiger partial charge is 0.197 e. The third-order valence-corrected chi connectivity index (χ3v) is 4.26. The van der Waals surface area contributed by atoms with Crippen LogP contribution in [0.5, 0.6) is 0 Å².